The van der Waals surface area contributed by atoms with Crippen molar-refractivity contribution in [3.05, 3.63) is 59.4 Å². The van der Waals surface area contributed by atoms with E-state index in [1.165, 1.54) is 17.4 Å². The minimum Gasteiger partial charge on any atom is -0.454 e. The van der Waals surface area contributed by atoms with Crippen LogP contribution >= 0.6 is 11.3 Å². The number of aromatic nitrogens is 2. The molecule has 5 nitrogen and oxygen atoms in total. The summed E-state index contributed by atoms with van der Waals surface area (Å²) in [6, 6.07) is 11.1. The summed E-state index contributed by atoms with van der Waals surface area (Å²) in [5, 5.41) is 0.717. The highest BCUT2D eigenvalue weighted by Gasteiger charge is 2.08. The number of rotatable bonds is 5. The summed E-state index contributed by atoms with van der Waals surface area (Å²) in [4.78, 5) is 30.4. The van der Waals surface area contributed by atoms with Gasteiger partial charge in [-0.25, -0.2) is 9.78 Å². The van der Waals surface area contributed by atoms with Crippen LogP contribution in [0.1, 0.15) is 15.5 Å². The van der Waals surface area contributed by atoms with Crippen LogP contribution in [-0.4, -0.2) is 28.3 Å². The number of para-hydroxylation sites is 1. The fourth-order valence-electron chi connectivity index (χ4n) is 1.87. The number of carbonyl (C=O) groups excluding carboxylic acids is 2. The lowest BCUT2D eigenvalue weighted by atomic mass is 10.3. The average molecular weight is 312 g/mol. The Morgan fingerprint density at radius 1 is 1.23 bits per heavy atom. The maximum absolute atomic E-state index is 11.7. The van der Waals surface area contributed by atoms with Crippen LogP contribution in [0.4, 0.5) is 0 Å². The van der Waals surface area contributed by atoms with Gasteiger partial charge in [0, 0.05) is 12.3 Å². The van der Waals surface area contributed by atoms with Crippen molar-refractivity contribution in [1.29, 1.82) is 0 Å². The number of carbonyl (C=O) groups is 2. The second-order valence-corrected chi connectivity index (χ2v) is 5.53. The number of aromatic amines is 1. The van der Waals surface area contributed by atoms with Gasteiger partial charge in [0.05, 0.1) is 15.9 Å². The van der Waals surface area contributed by atoms with E-state index in [4.69, 9.17) is 4.74 Å². The molecule has 6 heteroatoms. The largest absolute Gasteiger partial charge is 0.454 e. The van der Waals surface area contributed by atoms with Crippen molar-refractivity contribution in [3.63, 3.8) is 0 Å². The molecule has 3 aromatic rings. The molecule has 1 aromatic carbocycles. The number of esters is 1. The average Bonchev–Trinajstić information content (AvgIpc) is 3.19. The topological polar surface area (TPSA) is 72.0 Å². The quantitative estimate of drug-likeness (QED) is 0.446. The Balaban J connectivity index is 1.58. The van der Waals surface area contributed by atoms with Crippen LogP contribution in [0.5, 0.6) is 0 Å². The lowest BCUT2D eigenvalue weighted by Gasteiger charge is -1.99. The first kappa shape index (κ1) is 14.2. The summed E-state index contributed by atoms with van der Waals surface area (Å²) in [6.45, 7) is -0.288. The van der Waals surface area contributed by atoms with Crippen LogP contribution in [0, 0.1) is 0 Å². The van der Waals surface area contributed by atoms with Crippen LogP contribution in [0.2, 0.25) is 0 Å². The molecule has 0 radical (unpaired) electrons. The van der Waals surface area contributed by atoms with Crippen molar-refractivity contribution < 1.29 is 14.3 Å². The Kier molecular flexibility index (Phi) is 4.11. The number of H-pyrrole nitrogens is 1. The van der Waals surface area contributed by atoms with Crippen molar-refractivity contribution in [2.75, 3.05) is 6.61 Å². The fourth-order valence-corrected chi connectivity index (χ4v) is 2.74. The lowest BCUT2D eigenvalue weighted by molar-refractivity contribution is -0.136. The molecule has 1 N–H and O–H groups in total. The first-order valence-electron chi connectivity index (χ1n) is 6.59. The second kappa shape index (κ2) is 6.36. The number of benzene rings is 1. The van der Waals surface area contributed by atoms with Crippen LogP contribution in [-0.2, 0) is 9.53 Å². The third-order valence-corrected chi connectivity index (χ3v) is 3.92. The standard InChI is InChI=1S/C16H12N2O3S/c19-13(11-5-3-9-17-11)10-21-16(20)8-7-15-18-12-4-1-2-6-14(12)22-15/h1-9,17H,10H2/b8-7+. The van der Waals surface area contributed by atoms with Gasteiger partial charge in [-0.05, 0) is 30.3 Å². The van der Waals surface area contributed by atoms with E-state index >= 15 is 0 Å². The summed E-state index contributed by atoms with van der Waals surface area (Å²) in [7, 11) is 0. The zero-order valence-electron chi connectivity index (χ0n) is 11.5. The first-order valence-corrected chi connectivity index (χ1v) is 7.41. The van der Waals surface area contributed by atoms with E-state index in [9.17, 15) is 9.59 Å². The molecule has 0 bridgehead atoms. The first-order chi connectivity index (χ1) is 10.7. The summed E-state index contributed by atoms with van der Waals surface area (Å²) >= 11 is 1.48. The molecule has 0 spiro atoms. The van der Waals surface area contributed by atoms with Gasteiger partial charge in [0.25, 0.3) is 0 Å². The lowest BCUT2D eigenvalue weighted by Crippen LogP contribution is -2.12. The number of ketones is 1. The van der Waals surface area contributed by atoms with Gasteiger partial charge in [-0.1, -0.05) is 12.1 Å². The molecule has 110 valence electrons. The number of ether oxygens (including phenoxy) is 1. The van der Waals surface area contributed by atoms with Gasteiger partial charge < -0.3 is 9.72 Å². The number of hydrogen-bond acceptors (Lipinski definition) is 5. The smallest absolute Gasteiger partial charge is 0.331 e. The maximum Gasteiger partial charge on any atom is 0.331 e. The molecule has 0 fully saturated rings. The van der Waals surface area contributed by atoms with Gasteiger partial charge in [-0.2, -0.15) is 0 Å². The molecule has 0 aliphatic carbocycles. The van der Waals surface area contributed by atoms with Crippen molar-refractivity contribution in [3.8, 4) is 0 Å². The Morgan fingerprint density at radius 3 is 2.86 bits per heavy atom. The zero-order valence-corrected chi connectivity index (χ0v) is 12.3. The molecule has 0 aliphatic heterocycles. The normalized spacial score (nSPS) is 11.1. The molecule has 0 amide bonds. The summed E-state index contributed by atoms with van der Waals surface area (Å²) < 4.78 is 5.96. The third kappa shape index (κ3) is 3.29. The Bertz CT molecular complexity index is 801. The van der Waals surface area contributed by atoms with E-state index in [2.05, 4.69) is 9.97 Å². The van der Waals surface area contributed by atoms with Crippen molar-refractivity contribution in [2.24, 2.45) is 0 Å². The molecular formula is C16H12N2O3S. The van der Waals surface area contributed by atoms with Crippen molar-refractivity contribution in [2.45, 2.75) is 0 Å². The second-order valence-electron chi connectivity index (χ2n) is 4.47. The highest BCUT2D eigenvalue weighted by molar-refractivity contribution is 7.19. The van der Waals surface area contributed by atoms with E-state index < -0.39 is 5.97 Å². The number of nitrogens with one attached hydrogen (secondary N) is 1. The minimum atomic E-state index is -0.570. The maximum atomic E-state index is 11.7. The molecule has 2 aromatic heterocycles. The van der Waals surface area contributed by atoms with Gasteiger partial charge >= 0.3 is 5.97 Å². The number of thiazole rings is 1. The minimum absolute atomic E-state index is 0.272. The monoisotopic (exact) mass is 312 g/mol. The molecule has 22 heavy (non-hydrogen) atoms. The molecule has 2 heterocycles. The predicted octanol–water partition coefficient (Wildman–Crippen LogP) is 3.06. The molecular weight excluding hydrogens is 300 g/mol. The van der Waals surface area contributed by atoms with E-state index in [0.29, 0.717) is 10.7 Å². The van der Waals surface area contributed by atoms with Gasteiger partial charge in [0.2, 0.25) is 5.78 Å². The Hall–Kier alpha value is -2.73. The fraction of sp³-hybridized carbons (Fsp3) is 0.0625. The third-order valence-electron chi connectivity index (χ3n) is 2.92. The molecule has 3 rings (SSSR count). The molecule has 0 aliphatic rings. The number of Topliss-reactive ketones (excluding diaryl/α,β-unsaturated/α-hetero) is 1. The van der Waals surface area contributed by atoms with E-state index in [-0.39, 0.29) is 12.4 Å². The van der Waals surface area contributed by atoms with Crippen LogP contribution in [0.3, 0.4) is 0 Å². The van der Waals surface area contributed by atoms with Gasteiger partial charge in [-0.3, -0.25) is 4.79 Å². The zero-order chi connectivity index (χ0) is 15.4. The molecule has 0 unspecified atom stereocenters. The Morgan fingerprint density at radius 2 is 2.09 bits per heavy atom. The summed E-state index contributed by atoms with van der Waals surface area (Å²) in [5.41, 5.74) is 1.31. The van der Waals surface area contributed by atoms with Gasteiger partial charge in [-0.15, -0.1) is 11.3 Å². The number of fused-ring (bicyclic) bond motifs is 1. The van der Waals surface area contributed by atoms with Gasteiger partial charge in [0.1, 0.15) is 5.01 Å². The van der Waals surface area contributed by atoms with E-state index in [0.717, 1.165) is 10.2 Å². The highest BCUT2D eigenvalue weighted by Crippen LogP contribution is 2.22. The van der Waals surface area contributed by atoms with E-state index in [1.807, 2.05) is 24.3 Å². The van der Waals surface area contributed by atoms with Crippen LogP contribution < -0.4 is 0 Å². The highest BCUT2D eigenvalue weighted by atomic mass is 32.1. The SMILES string of the molecule is O=C(/C=C/c1nc2ccccc2s1)OCC(=O)c1ccc[nH]1. The van der Waals surface area contributed by atoms with Gasteiger partial charge in [0.15, 0.2) is 6.61 Å². The molecule has 0 saturated carbocycles. The van der Waals surface area contributed by atoms with Crippen molar-refractivity contribution in [1.82, 2.24) is 9.97 Å². The molecule has 0 atom stereocenters. The van der Waals surface area contributed by atoms with E-state index in [1.54, 1.807) is 24.4 Å². The summed E-state index contributed by atoms with van der Waals surface area (Å²) in [6.07, 6.45) is 4.51. The Labute approximate surface area is 130 Å². The van der Waals surface area contributed by atoms with Crippen LogP contribution in [0.25, 0.3) is 16.3 Å². The van der Waals surface area contributed by atoms with Crippen molar-refractivity contribution >= 4 is 39.4 Å². The predicted molar refractivity (Wildman–Crippen MR) is 84.7 cm³/mol. The van der Waals surface area contributed by atoms with Crippen LogP contribution in [0.15, 0.2) is 48.7 Å². The number of hydrogen-bond donors (Lipinski definition) is 1. The summed E-state index contributed by atoms with van der Waals surface area (Å²) in [5.74, 6) is -0.842. The molecule has 0 saturated heterocycles. The number of nitrogens with zero attached hydrogens (tertiary/aromatic N) is 1.